The molecule has 0 spiro atoms. The van der Waals surface area contributed by atoms with Crippen LogP contribution in [0.1, 0.15) is 65.2 Å². The normalized spacial score (nSPS) is 31.4. The van der Waals surface area contributed by atoms with E-state index in [1.165, 1.54) is 38.6 Å². The highest BCUT2D eigenvalue weighted by Crippen LogP contribution is 2.34. The van der Waals surface area contributed by atoms with Crippen molar-refractivity contribution >= 4 is 5.78 Å². The minimum absolute atomic E-state index is 0.371. The van der Waals surface area contributed by atoms with Crippen LogP contribution >= 0.6 is 0 Å². The van der Waals surface area contributed by atoms with Crippen LogP contribution < -0.4 is 0 Å². The molecule has 98 valence electrons. The van der Waals surface area contributed by atoms with Crippen molar-refractivity contribution in [3.63, 3.8) is 0 Å². The van der Waals surface area contributed by atoms with E-state index in [1.54, 1.807) is 0 Å². The number of hydrogen-bond acceptors (Lipinski definition) is 2. The van der Waals surface area contributed by atoms with E-state index >= 15 is 0 Å². The molecule has 2 atom stereocenters. The quantitative estimate of drug-likeness (QED) is 0.747. The fourth-order valence-electron chi connectivity index (χ4n) is 3.87. The molecule has 0 bridgehead atoms. The highest BCUT2D eigenvalue weighted by molar-refractivity contribution is 5.83. The summed E-state index contributed by atoms with van der Waals surface area (Å²) in [5, 5.41) is 0. The van der Waals surface area contributed by atoms with E-state index in [1.807, 2.05) is 0 Å². The average molecular weight is 237 g/mol. The molecule has 17 heavy (non-hydrogen) atoms. The molecular formula is C15H27NO. The summed E-state index contributed by atoms with van der Waals surface area (Å²) in [5.41, 5.74) is 0. The minimum atomic E-state index is 0.371. The van der Waals surface area contributed by atoms with Gasteiger partial charge < -0.3 is 0 Å². The third-order valence-electron chi connectivity index (χ3n) is 4.82. The van der Waals surface area contributed by atoms with Gasteiger partial charge in [-0.3, -0.25) is 9.69 Å². The number of Topliss-reactive ketones (excluding diaryl/α,β-unsaturated/α-hetero) is 1. The smallest absolute Gasteiger partial charge is 0.137 e. The molecule has 0 aromatic heterocycles. The van der Waals surface area contributed by atoms with Gasteiger partial charge in [-0.2, -0.15) is 0 Å². The largest absolute Gasteiger partial charge is 0.299 e. The summed E-state index contributed by atoms with van der Waals surface area (Å²) in [6.45, 7) is 5.80. The molecule has 1 aliphatic heterocycles. The molecule has 0 aromatic carbocycles. The van der Waals surface area contributed by atoms with Gasteiger partial charge in [-0.15, -0.1) is 0 Å². The Bertz CT molecular complexity index is 260. The zero-order valence-electron chi connectivity index (χ0n) is 11.5. The Kier molecular flexibility index (Phi) is 4.61. The first kappa shape index (κ1) is 13.1. The molecule has 1 saturated carbocycles. The zero-order valence-corrected chi connectivity index (χ0v) is 11.5. The third-order valence-corrected chi connectivity index (χ3v) is 4.82. The summed E-state index contributed by atoms with van der Waals surface area (Å²) in [4.78, 5) is 14.7. The van der Waals surface area contributed by atoms with Gasteiger partial charge in [-0.05, 0) is 45.1 Å². The highest BCUT2D eigenvalue weighted by Gasteiger charge is 2.38. The van der Waals surface area contributed by atoms with Crippen LogP contribution in [0.5, 0.6) is 0 Å². The monoisotopic (exact) mass is 237 g/mol. The van der Waals surface area contributed by atoms with Crippen molar-refractivity contribution in [2.45, 2.75) is 77.3 Å². The number of carbonyl (C=O) groups is 1. The summed E-state index contributed by atoms with van der Waals surface area (Å²) < 4.78 is 0. The molecule has 2 fully saturated rings. The highest BCUT2D eigenvalue weighted by atomic mass is 16.1. The summed E-state index contributed by atoms with van der Waals surface area (Å²) in [6.07, 6.45) is 9.50. The van der Waals surface area contributed by atoms with Gasteiger partial charge in [0.05, 0.1) is 0 Å². The van der Waals surface area contributed by atoms with Crippen LogP contribution in [0.3, 0.4) is 0 Å². The second-order valence-electron chi connectivity index (χ2n) is 5.74. The van der Waals surface area contributed by atoms with Gasteiger partial charge in [0, 0.05) is 24.4 Å². The Morgan fingerprint density at radius 1 is 1.18 bits per heavy atom. The third kappa shape index (κ3) is 2.73. The lowest BCUT2D eigenvalue weighted by molar-refractivity contribution is -0.123. The Morgan fingerprint density at radius 3 is 2.53 bits per heavy atom. The predicted octanol–water partition coefficient (Wildman–Crippen LogP) is 3.40. The second kappa shape index (κ2) is 5.99. The fraction of sp³-hybridized carbons (Fsp3) is 0.933. The van der Waals surface area contributed by atoms with Crippen molar-refractivity contribution in [2.75, 3.05) is 6.54 Å². The Hall–Kier alpha value is -0.370. The molecular weight excluding hydrogens is 210 g/mol. The van der Waals surface area contributed by atoms with Crippen molar-refractivity contribution in [3.8, 4) is 0 Å². The van der Waals surface area contributed by atoms with Gasteiger partial charge in [0.1, 0.15) is 5.78 Å². The Labute approximate surface area is 106 Å². The lowest BCUT2D eigenvalue weighted by Gasteiger charge is -2.43. The Balaban J connectivity index is 2.08. The van der Waals surface area contributed by atoms with Gasteiger partial charge >= 0.3 is 0 Å². The summed E-state index contributed by atoms with van der Waals surface area (Å²) in [7, 11) is 0. The Morgan fingerprint density at radius 2 is 1.94 bits per heavy atom. The van der Waals surface area contributed by atoms with E-state index in [0.29, 0.717) is 23.8 Å². The molecule has 0 radical (unpaired) electrons. The van der Waals surface area contributed by atoms with E-state index in [9.17, 15) is 4.79 Å². The van der Waals surface area contributed by atoms with E-state index in [4.69, 9.17) is 0 Å². The van der Waals surface area contributed by atoms with Crippen LogP contribution in [0.4, 0.5) is 0 Å². The number of ketones is 1. The van der Waals surface area contributed by atoms with Crippen LogP contribution in [-0.4, -0.2) is 29.3 Å². The zero-order chi connectivity index (χ0) is 12.3. The van der Waals surface area contributed by atoms with Crippen molar-refractivity contribution in [1.82, 2.24) is 4.90 Å². The lowest BCUT2D eigenvalue weighted by Crippen LogP contribution is -2.50. The van der Waals surface area contributed by atoms with Crippen molar-refractivity contribution < 1.29 is 4.79 Å². The summed E-state index contributed by atoms with van der Waals surface area (Å²) >= 11 is 0. The molecule has 2 unspecified atom stereocenters. The van der Waals surface area contributed by atoms with Gasteiger partial charge in [0.15, 0.2) is 0 Å². The number of piperidine rings is 1. The van der Waals surface area contributed by atoms with Gasteiger partial charge in [-0.1, -0.05) is 20.3 Å². The van der Waals surface area contributed by atoms with Crippen LogP contribution in [-0.2, 0) is 4.79 Å². The molecule has 1 aliphatic carbocycles. The number of rotatable bonds is 4. The van der Waals surface area contributed by atoms with Gasteiger partial charge in [0.2, 0.25) is 0 Å². The average Bonchev–Trinajstić information content (AvgIpc) is 2.78. The van der Waals surface area contributed by atoms with E-state index < -0.39 is 0 Å². The fourth-order valence-corrected chi connectivity index (χ4v) is 3.87. The number of likely N-dealkylation sites (tertiary alicyclic amines) is 1. The molecule has 2 nitrogen and oxygen atoms in total. The van der Waals surface area contributed by atoms with Gasteiger partial charge in [0.25, 0.3) is 0 Å². The molecule has 0 aromatic rings. The predicted molar refractivity (Wildman–Crippen MR) is 71.1 cm³/mol. The van der Waals surface area contributed by atoms with Crippen LogP contribution in [0.2, 0.25) is 0 Å². The SMILES string of the molecule is CCC(CC)N1CCCCC1C1CCCC1=O. The maximum atomic E-state index is 12.0. The number of hydrogen-bond donors (Lipinski definition) is 0. The molecule has 1 heterocycles. The van der Waals surface area contributed by atoms with Crippen molar-refractivity contribution in [3.05, 3.63) is 0 Å². The second-order valence-corrected chi connectivity index (χ2v) is 5.74. The molecule has 1 saturated heterocycles. The molecule has 2 rings (SSSR count). The number of nitrogens with zero attached hydrogens (tertiary/aromatic N) is 1. The van der Waals surface area contributed by atoms with E-state index in [2.05, 4.69) is 18.7 Å². The van der Waals surface area contributed by atoms with Crippen LogP contribution in [0.25, 0.3) is 0 Å². The van der Waals surface area contributed by atoms with Crippen LogP contribution in [0.15, 0.2) is 0 Å². The first-order valence-corrected chi connectivity index (χ1v) is 7.56. The standard InChI is InChI=1S/C15H27NO/c1-3-12(4-2)16-11-6-5-9-14(16)13-8-7-10-15(13)17/h12-14H,3-11H2,1-2H3. The number of carbonyl (C=O) groups excluding carboxylic acids is 1. The topological polar surface area (TPSA) is 20.3 Å². The molecule has 2 aliphatic rings. The lowest BCUT2D eigenvalue weighted by atomic mass is 9.86. The minimum Gasteiger partial charge on any atom is -0.299 e. The molecule has 0 N–H and O–H groups in total. The summed E-state index contributed by atoms with van der Waals surface area (Å²) in [6, 6.07) is 1.28. The molecule has 2 heteroatoms. The first-order chi connectivity index (χ1) is 8.27. The van der Waals surface area contributed by atoms with Crippen molar-refractivity contribution in [2.24, 2.45) is 5.92 Å². The maximum Gasteiger partial charge on any atom is 0.137 e. The summed E-state index contributed by atoms with van der Waals surface area (Å²) in [5.74, 6) is 0.920. The van der Waals surface area contributed by atoms with E-state index in [-0.39, 0.29) is 0 Å². The van der Waals surface area contributed by atoms with E-state index in [0.717, 1.165) is 19.3 Å². The molecule has 0 amide bonds. The van der Waals surface area contributed by atoms with Crippen molar-refractivity contribution in [1.29, 1.82) is 0 Å². The van der Waals surface area contributed by atoms with Gasteiger partial charge in [-0.25, -0.2) is 0 Å². The maximum absolute atomic E-state index is 12.0. The van der Waals surface area contributed by atoms with Crippen LogP contribution in [0, 0.1) is 5.92 Å². The first-order valence-electron chi connectivity index (χ1n) is 7.56.